The Morgan fingerprint density at radius 1 is 0.339 bits per heavy atom. The number of imide groups is 2. The van der Waals surface area contributed by atoms with Gasteiger partial charge in [-0.3, -0.25) is 33.8 Å². The molecular weight excluding hydrogens is 1410 g/mol. The normalized spacial score (nSPS) is 13.8. The Balaban J connectivity index is 1.17. The maximum absolute atomic E-state index is 16.6. The molecule has 2 aliphatic rings. The fourth-order valence-electron chi connectivity index (χ4n) is 14.3. The van der Waals surface area contributed by atoms with Crippen molar-refractivity contribution >= 4 is 90.6 Å². The smallest absolute Gasteiger partial charge is 0.333 e. The number of esters is 4. The molecular formula is C94H92N2O16. The molecule has 2 atom stereocenters. The Kier molecular flexibility index (Phi) is 21.3. The molecule has 0 N–H and O–H groups in total. The van der Waals surface area contributed by atoms with Gasteiger partial charge in [0.1, 0.15) is 84.5 Å². The molecule has 0 radical (unpaired) electrons. The summed E-state index contributed by atoms with van der Waals surface area (Å²) >= 11 is 0. The van der Waals surface area contributed by atoms with Crippen molar-refractivity contribution in [1.29, 1.82) is 0 Å². The summed E-state index contributed by atoms with van der Waals surface area (Å²) in [6.45, 7) is 32.0. The molecule has 11 aromatic rings. The van der Waals surface area contributed by atoms with E-state index < -0.39 is 78.7 Å². The van der Waals surface area contributed by atoms with Crippen LogP contribution in [-0.2, 0) is 72.6 Å². The minimum Gasteiger partial charge on any atom is -0.462 e. The van der Waals surface area contributed by atoms with Crippen molar-refractivity contribution in [3.8, 4) is 46.0 Å². The van der Waals surface area contributed by atoms with Crippen molar-refractivity contribution in [2.75, 3.05) is 26.4 Å². The summed E-state index contributed by atoms with van der Waals surface area (Å²) < 4.78 is 52.0. The Labute approximate surface area is 651 Å². The van der Waals surface area contributed by atoms with Crippen molar-refractivity contribution in [2.45, 2.75) is 150 Å². The molecule has 0 aliphatic carbocycles. The van der Waals surface area contributed by atoms with Crippen LogP contribution in [0.5, 0.6) is 46.0 Å². The molecule has 2 aliphatic heterocycles. The third-order valence-corrected chi connectivity index (χ3v) is 20.4. The number of carbonyl (C=O) groups is 8. The van der Waals surface area contributed by atoms with Crippen LogP contribution in [-0.4, -0.2) is 95.8 Å². The van der Waals surface area contributed by atoms with Gasteiger partial charge in [0.2, 0.25) is 0 Å². The Hall–Kier alpha value is -12.2. The van der Waals surface area contributed by atoms with Gasteiger partial charge in [-0.15, -0.1) is 0 Å². The molecule has 574 valence electrons. The van der Waals surface area contributed by atoms with Crippen LogP contribution in [0.3, 0.4) is 0 Å². The average Bonchev–Trinajstić information content (AvgIpc) is 0.669. The summed E-state index contributed by atoms with van der Waals surface area (Å²) in [7, 11) is 0. The van der Waals surface area contributed by atoms with E-state index in [1.807, 2.05) is 97.1 Å². The van der Waals surface area contributed by atoms with Crippen LogP contribution in [0.4, 0.5) is 0 Å². The van der Waals surface area contributed by atoms with Gasteiger partial charge in [-0.25, -0.2) is 14.4 Å². The number of hydrogen-bond donors (Lipinski definition) is 0. The molecule has 0 saturated heterocycles. The van der Waals surface area contributed by atoms with Crippen molar-refractivity contribution in [3.05, 3.63) is 250 Å². The maximum atomic E-state index is 16.6. The van der Waals surface area contributed by atoms with Crippen LogP contribution in [0.1, 0.15) is 179 Å². The van der Waals surface area contributed by atoms with Crippen molar-refractivity contribution in [2.24, 2.45) is 5.92 Å². The second-order valence-corrected chi connectivity index (χ2v) is 33.1. The van der Waals surface area contributed by atoms with Crippen molar-refractivity contribution in [3.63, 3.8) is 0 Å². The highest BCUT2D eigenvalue weighted by Crippen LogP contribution is 2.58. The van der Waals surface area contributed by atoms with E-state index in [-0.39, 0.29) is 142 Å². The summed E-state index contributed by atoms with van der Waals surface area (Å²) in [5.41, 5.74) is 3.68. The number of carbonyl (C=O) groups excluding carboxylic acids is 8. The van der Waals surface area contributed by atoms with Gasteiger partial charge < -0.3 is 37.9 Å². The van der Waals surface area contributed by atoms with Gasteiger partial charge in [-0.2, -0.15) is 0 Å². The second-order valence-electron chi connectivity index (χ2n) is 33.1. The molecule has 2 heterocycles. The lowest BCUT2D eigenvalue weighted by Crippen LogP contribution is -2.52. The predicted molar refractivity (Wildman–Crippen MR) is 431 cm³/mol. The van der Waals surface area contributed by atoms with E-state index in [0.29, 0.717) is 34.1 Å². The Morgan fingerprint density at radius 3 is 0.830 bits per heavy atom. The third kappa shape index (κ3) is 15.7. The highest BCUT2D eigenvalue weighted by molar-refractivity contribution is 6.45. The summed E-state index contributed by atoms with van der Waals surface area (Å²) in [5.74, 6) is -5.88. The molecule has 0 spiro atoms. The highest BCUT2D eigenvalue weighted by atomic mass is 16.6. The molecule has 0 aromatic heterocycles. The molecule has 0 saturated carbocycles. The quantitative estimate of drug-likeness (QED) is 0.0104. The standard InChI is InChI=1S/C94H92N2O16/c1-53(2)87(101)105-43-45-107-89(103)69(47-55-23-19-17-20-24-55)95-83(97)65-49-71(109-61-35-27-57(28-36-61)91(5,6)7)77-79-73(111-63-39-31-59(32-40-63)93(11,12)13)51-67-76-68(86(100)96(85(67)99)70(48-56-25-21-18-22-26-56)90(104)108-46-44-106-88(102)54(3)4)52-74(112-64-41-33-60(34-42-64)94(14,15)16)80(82(76)79)78-72(50-66(84(95)98)75(65)81(77)78)110-62-37-29-58(30-38-62)92(8,9)10/h17-42,49-52,54,69-70H,1,43-48H2,2-16H3. The highest BCUT2D eigenvalue weighted by Gasteiger charge is 2.47. The van der Waals surface area contributed by atoms with Gasteiger partial charge in [-0.05, 0) is 135 Å². The van der Waals surface area contributed by atoms with E-state index in [0.717, 1.165) is 32.1 Å². The van der Waals surface area contributed by atoms with E-state index in [9.17, 15) is 9.59 Å². The van der Waals surface area contributed by atoms with Crippen LogP contribution in [0.15, 0.2) is 194 Å². The van der Waals surface area contributed by atoms with Crippen molar-refractivity contribution in [1.82, 2.24) is 9.80 Å². The number of benzene rings is 11. The molecule has 2 unspecified atom stereocenters. The van der Waals surface area contributed by atoms with Crippen LogP contribution >= 0.6 is 0 Å². The Bertz CT molecular complexity index is 5120. The van der Waals surface area contributed by atoms with Gasteiger partial charge in [0.25, 0.3) is 23.6 Å². The molecule has 4 amide bonds. The zero-order chi connectivity index (χ0) is 80.2. The van der Waals surface area contributed by atoms with Crippen LogP contribution in [0.2, 0.25) is 0 Å². The van der Waals surface area contributed by atoms with Gasteiger partial charge in [-0.1, -0.05) is 213 Å². The third-order valence-electron chi connectivity index (χ3n) is 20.4. The molecule has 13 rings (SSSR count). The first-order chi connectivity index (χ1) is 53.0. The fraction of sp³-hybridized carbons (Fsp3) is 0.298. The van der Waals surface area contributed by atoms with E-state index in [1.165, 1.54) is 19.1 Å². The molecule has 11 aromatic carbocycles. The number of fused-ring (bicyclic) bond motifs is 2. The molecule has 0 bridgehead atoms. The van der Waals surface area contributed by atoms with Crippen LogP contribution in [0, 0.1) is 5.92 Å². The molecule has 18 heteroatoms. The van der Waals surface area contributed by atoms with E-state index in [4.69, 9.17) is 37.9 Å². The molecule has 112 heavy (non-hydrogen) atoms. The summed E-state index contributed by atoms with van der Waals surface area (Å²) in [4.78, 5) is 124. The predicted octanol–water partition coefficient (Wildman–Crippen LogP) is 19.9. The minimum atomic E-state index is -1.64. The lowest BCUT2D eigenvalue weighted by Gasteiger charge is -2.35. The number of ether oxygens (including phenoxy) is 8. The van der Waals surface area contributed by atoms with E-state index in [1.54, 1.807) is 86.6 Å². The zero-order valence-corrected chi connectivity index (χ0v) is 65.9. The lowest BCUT2D eigenvalue weighted by molar-refractivity contribution is -0.156. The first-order valence-corrected chi connectivity index (χ1v) is 37.7. The summed E-state index contributed by atoms with van der Waals surface area (Å²) in [6.07, 6.45) is -0.409. The molecule has 18 nitrogen and oxygen atoms in total. The minimum absolute atomic E-state index is 0.0217. The summed E-state index contributed by atoms with van der Waals surface area (Å²) in [6, 6.07) is 50.7. The van der Waals surface area contributed by atoms with Gasteiger partial charge in [0.05, 0.1) is 28.2 Å². The van der Waals surface area contributed by atoms with Crippen LogP contribution in [0.25, 0.3) is 43.1 Å². The largest absolute Gasteiger partial charge is 0.462 e. The first-order valence-electron chi connectivity index (χ1n) is 37.7. The second kappa shape index (κ2) is 30.6. The number of nitrogens with zero attached hydrogens (tertiary/aromatic N) is 2. The fourth-order valence-corrected chi connectivity index (χ4v) is 14.3. The lowest BCUT2D eigenvalue weighted by atomic mass is 9.80. The first kappa shape index (κ1) is 78.0. The van der Waals surface area contributed by atoms with E-state index >= 15 is 28.8 Å². The summed E-state index contributed by atoms with van der Waals surface area (Å²) in [5, 5.41) is 1.58. The SMILES string of the molecule is C=C(C)C(=O)OCCOC(=O)C(Cc1ccccc1)N1C(=O)c2cc(Oc3ccc(C(C)(C)C)cc3)c3c4c(Oc5ccc(C(C)(C)C)cc5)cc5c6c(cc(Oc7ccc(C(C)(C)C)cc7)c(c7c(Oc8ccc(C(C)(C)C)cc8)cc(c2c37)C1=O)c64)C(=O)N(C(Cc1ccccc1)C(=O)OCCOC(=O)C(C)C)C5=O. The topological polar surface area (TPSA) is 217 Å². The van der Waals surface area contributed by atoms with E-state index in [2.05, 4.69) is 89.7 Å². The molecule has 0 fully saturated rings. The van der Waals surface area contributed by atoms with Gasteiger partial charge in [0.15, 0.2) is 0 Å². The number of amides is 4. The van der Waals surface area contributed by atoms with Crippen molar-refractivity contribution < 1.29 is 76.3 Å². The van der Waals surface area contributed by atoms with Gasteiger partial charge >= 0.3 is 23.9 Å². The maximum Gasteiger partial charge on any atom is 0.333 e. The number of hydrogen-bond acceptors (Lipinski definition) is 16. The van der Waals surface area contributed by atoms with Crippen LogP contribution < -0.4 is 18.9 Å². The average molecular weight is 1510 g/mol. The Morgan fingerprint density at radius 2 is 0.589 bits per heavy atom. The number of rotatable bonds is 24. The van der Waals surface area contributed by atoms with Gasteiger partial charge in [0, 0.05) is 61.5 Å². The monoisotopic (exact) mass is 1500 g/mol. The zero-order valence-electron chi connectivity index (χ0n) is 65.9.